The molecule has 22 heavy (non-hydrogen) atoms. The first-order valence-corrected chi connectivity index (χ1v) is 7.18. The van der Waals surface area contributed by atoms with Crippen LogP contribution in [0.1, 0.15) is 27.9 Å². The molecule has 1 aromatic carbocycles. The van der Waals surface area contributed by atoms with Crippen molar-refractivity contribution in [3.8, 4) is 6.07 Å². The van der Waals surface area contributed by atoms with Crippen LogP contribution in [0, 0.1) is 32.1 Å². The minimum atomic E-state index is 0.543. The van der Waals surface area contributed by atoms with Gasteiger partial charge in [0.25, 0.3) is 0 Å². The van der Waals surface area contributed by atoms with Gasteiger partial charge in [0.2, 0.25) is 0 Å². The van der Waals surface area contributed by atoms with Crippen LogP contribution in [0.15, 0.2) is 18.2 Å². The fourth-order valence-electron chi connectivity index (χ4n) is 2.20. The van der Waals surface area contributed by atoms with Crippen LogP contribution in [0.5, 0.6) is 0 Å². The number of nitrogens with one attached hydrogen (secondary N) is 1. The Morgan fingerprint density at radius 2 is 1.91 bits per heavy atom. The summed E-state index contributed by atoms with van der Waals surface area (Å²) in [6, 6.07) is 8.54. The summed E-state index contributed by atoms with van der Waals surface area (Å²) >= 11 is 0. The van der Waals surface area contributed by atoms with E-state index < -0.39 is 0 Å². The summed E-state index contributed by atoms with van der Waals surface area (Å²) in [5.41, 5.74) is 5.77. The zero-order valence-corrected chi connectivity index (χ0v) is 13.7. The molecule has 0 unspecified atom stereocenters. The Hall–Kier alpha value is -2.61. The van der Waals surface area contributed by atoms with Gasteiger partial charge in [0.1, 0.15) is 11.6 Å². The molecular weight excluding hydrogens is 274 g/mol. The van der Waals surface area contributed by atoms with Crippen LogP contribution in [0.25, 0.3) is 0 Å². The SMILES string of the molecule is Cc1cc(N(C)C)ccc1CNc1nnc(C)c(C)c1C#N. The van der Waals surface area contributed by atoms with E-state index >= 15 is 0 Å². The van der Waals surface area contributed by atoms with E-state index in [2.05, 4.69) is 51.6 Å². The maximum atomic E-state index is 9.31. The second kappa shape index (κ2) is 6.44. The third-order valence-electron chi connectivity index (χ3n) is 3.86. The summed E-state index contributed by atoms with van der Waals surface area (Å²) < 4.78 is 0. The molecule has 0 fully saturated rings. The maximum absolute atomic E-state index is 9.31. The molecule has 2 rings (SSSR count). The predicted molar refractivity (Wildman–Crippen MR) is 89.1 cm³/mol. The molecule has 1 N–H and O–H groups in total. The Morgan fingerprint density at radius 3 is 2.50 bits per heavy atom. The number of nitrogens with zero attached hydrogens (tertiary/aromatic N) is 4. The lowest BCUT2D eigenvalue weighted by Gasteiger charge is -2.16. The highest BCUT2D eigenvalue weighted by atomic mass is 15.2. The van der Waals surface area contributed by atoms with Crippen molar-refractivity contribution in [3.05, 3.63) is 46.1 Å². The van der Waals surface area contributed by atoms with Gasteiger partial charge < -0.3 is 10.2 Å². The standard InChI is InChI=1S/C17H21N5/c1-11-8-15(22(4)5)7-6-14(11)10-19-17-16(9-18)12(2)13(3)20-21-17/h6-8H,10H2,1-5H3,(H,19,21). The number of hydrogen-bond acceptors (Lipinski definition) is 5. The summed E-state index contributed by atoms with van der Waals surface area (Å²) in [6.07, 6.45) is 0. The van der Waals surface area contributed by atoms with E-state index in [1.165, 1.54) is 16.8 Å². The number of nitriles is 1. The molecule has 0 atom stereocenters. The van der Waals surface area contributed by atoms with Crippen LogP contribution in [0.3, 0.4) is 0 Å². The second-order valence-electron chi connectivity index (χ2n) is 5.60. The number of hydrogen-bond donors (Lipinski definition) is 1. The molecule has 0 amide bonds. The summed E-state index contributed by atoms with van der Waals surface area (Å²) in [5.74, 6) is 0.543. The quantitative estimate of drug-likeness (QED) is 0.939. The van der Waals surface area contributed by atoms with Crippen molar-refractivity contribution in [2.45, 2.75) is 27.3 Å². The van der Waals surface area contributed by atoms with Gasteiger partial charge in [-0.25, -0.2) is 0 Å². The Kier molecular flexibility index (Phi) is 4.62. The van der Waals surface area contributed by atoms with Gasteiger partial charge in [0, 0.05) is 26.3 Å². The number of anilines is 2. The van der Waals surface area contributed by atoms with Crippen molar-refractivity contribution >= 4 is 11.5 Å². The van der Waals surface area contributed by atoms with Crippen molar-refractivity contribution < 1.29 is 0 Å². The summed E-state index contributed by atoms with van der Waals surface area (Å²) in [4.78, 5) is 2.08. The summed E-state index contributed by atoms with van der Waals surface area (Å²) in [5, 5.41) is 20.7. The molecule has 0 saturated carbocycles. The lowest BCUT2D eigenvalue weighted by molar-refractivity contribution is 0.939. The predicted octanol–water partition coefficient (Wildman–Crippen LogP) is 2.95. The average Bonchev–Trinajstić information content (AvgIpc) is 2.49. The van der Waals surface area contributed by atoms with Crippen LogP contribution in [0.2, 0.25) is 0 Å². The number of benzene rings is 1. The minimum absolute atomic E-state index is 0.543. The summed E-state index contributed by atoms with van der Waals surface area (Å²) in [6.45, 7) is 6.45. The monoisotopic (exact) mass is 295 g/mol. The number of aromatic nitrogens is 2. The Balaban J connectivity index is 2.21. The van der Waals surface area contributed by atoms with Crippen LogP contribution >= 0.6 is 0 Å². The normalized spacial score (nSPS) is 10.2. The Morgan fingerprint density at radius 1 is 1.18 bits per heavy atom. The van der Waals surface area contributed by atoms with Crippen molar-refractivity contribution in [1.29, 1.82) is 5.26 Å². The zero-order valence-electron chi connectivity index (χ0n) is 13.7. The van der Waals surface area contributed by atoms with E-state index in [1.807, 2.05) is 27.9 Å². The molecule has 2 aromatic rings. The van der Waals surface area contributed by atoms with Crippen molar-refractivity contribution in [1.82, 2.24) is 10.2 Å². The molecule has 0 spiro atoms. The lowest BCUT2D eigenvalue weighted by atomic mass is 10.1. The van der Waals surface area contributed by atoms with E-state index in [0.29, 0.717) is 17.9 Å². The molecule has 5 nitrogen and oxygen atoms in total. The van der Waals surface area contributed by atoms with E-state index in [0.717, 1.165) is 11.3 Å². The first-order valence-electron chi connectivity index (χ1n) is 7.18. The minimum Gasteiger partial charge on any atom is -0.378 e. The molecular formula is C17H21N5. The highest BCUT2D eigenvalue weighted by Gasteiger charge is 2.11. The average molecular weight is 295 g/mol. The van der Waals surface area contributed by atoms with Gasteiger partial charge in [-0.1, -0.05) is 6.07 Å². The zero-order chi connectivity index (χ0) is 16.3. The fourth-order valence-corrected chi connectivity index (χ4v) is 2.20. The molecule has 1 aromatic heterocycles. The highest BCUT2D eigenvalue weighted by Crippen LogP contribution is 2.20. The van der Waals surface area contributed by atoms with E-state index in [4.69, 9.17) is 0 Å². The molecule has 0 bridgehead atoms. The smallest absolute Gasteiger partial charge is 0.167 e. The molecule has 114 valence electrons. The molecule has 0 saturated heterocycles. The van der Waals surface area contributed by atoms with Gasteiger partial charge in [-0.2, -0.15) is 10.4 Å². The molecule has 0 aliphatic rings. The number of aryl methyl sites for hydroxylation is 2. The maximum Gasteiger partial charge on any atom is 0.167 e. The first-order chi connectivity index (χ1) is 10.4. The van der Waals surface area contributed by atoms with Gasteiger partial charge in [-0.3, -0.25) is 0 Å². The second-order valence-corrected chi connectivity index (χ2v) is 5.60. The van der Waals surface area contributed by atoms with Crippen molar-refractivity contribution in [3.63, 3.8) is 0 Å². The van der Waals surface area contributed by atoms with Gasteiger partial charge >= 0.3 is 0 Å². The topological polar surface area (TPSA) is 64.8 Å². The van der Waals surface area contributed by atoms with Crippen LogP contribution in [-0.4, -0.2) is 24.3 Å². The van der Waals surface area contributed by atoms with Gasteiger partial charge in [0.15, 0.2) is 5.82 Å². The third-order valence-corrected chi connectivity index (χ3v) is 3.86. The van der Waals surface area contributed by atoms with Gasteiger partial charge in [-0.15, -0.1) is 5.10 Å². The van der Waals surface area contributed by atoms with Crippen LogP contribution < -0.4 is 10.2 Å². The molecule has 1 heterocycles. The van der Waals surface area contributed by atoms with Crippen LogP contribution in [0.4, 0.5) is 11.5 Å². The van der Waals surface area contributed by atoms with Gasteiger partial charge in [0.05, 0.1) is 5.69 Å². The molecule has 5 heteroatoms. The first kappa shape index (κ1) is 15.8. The number of rotatable bonds is 4. The fraction of sp³-hybridized carbons (Fsp3) is 0.353. The molecule has 0 radical (unpaired) electrons. The third kappa shape index (κ3) is 3.17. The largest absolute Gasteiger partial charge is 0.378 e. The Bertz CT molecular complexity index is 729. The van der Waals surface area contributed by atoms with Crippen molar-refractivity contribution in [2.75, 3.05) is 24.3 Å². The van der Waals surface area contributed by atoms with E-state index in [1.54, 1.807) is 0 Å². The van der Waals surface area contributed by atoms with Crippen LogP contribution in [-0.2, 0) is 6.54 Å². The van der Waals surface area contributed by atoms with Gasteiger partial charge in [-0.05, 0) is 49.6 Å². The highest BCUT2D eigenvalue weighted by molar-refractivity contribution is 5.56. The van der Waals surface area contributed by atoms with Crippen molar-refractivity contribution in [2.24, 2.45) is 0 Å². The molecule has 0 aliphatic carbocycles. The lowest BCUT2D eigenvalue weighted by Crippen LogP contribution is -2.11. The molecule has 0 aliphatic heterocycles. The Labute approximate surface area is 131 Å². The van der Waals surface area contributed by atoms with E-state index in [9.17, 15) is 5.26 Å². The van der Waals surface area contributed by atoms with E-state index in [-0.39, 0.29) is 0 Å². The summed E-state index contributed by atoms with van der Waals surface area (Å²) in [7, 11) is 4.05.